The van der Waals surface area contributed by atoms with Gasteiger partial charge in [-0.15, -0.1) is 0 Å². The Hall–Kier alpha value is -2.51. The van der Waals surface area contributed by atoms with Gasteiger partial charge in [0.25, 0.3) is 11.6 Å². The number of aliphatic hydroxyl groups excluding tert-OH is 1. The number of carbonyl (C=O) groups is 1. The summed E-state index contributed by atoms with van der Waals surface area (Å²) in [6.07, 6.45) is 0.926. The lowest BCUT2D eigenvalue weighted by molar-refractivity contribution is -0.385. The first-order valence-corrected chi connectivity index (χ1v) is 6.20. The van der Waals surface area contributed by atoms with E-state index < -0.39 is 16.5 Å². The number of hydrogen-bond donors (Lipinski definition) is 2. The third kappa shape index (κ3) is 3.33. The molecule has 0 fully saturated rings. The Labute approximate surface area is 124 Å². The van der Waals surface area contributed by atoms with E-state index in [1.54, 1.807) is 24.3 Å². The number of nitrogens with zero attached hydrogens (tertiary/aromatic N) is 2. The van der Waals surface area contributed by atoms with Crippen molar-refractivity contribution < 1.29 is 14.8 Å². The number of hydrogen-bond acceptors (Lipinski definition) is 5. The van der Waals surface area contributed by atoms with Gasteiger partial charge in [-0.2, -0.15) is 0 Å². The van der Waals surface area contributed by atoms with Gasteiger partial charge in [0.15, 0.2) is 0 Å². The van der Waals surface area contributed by atoms with E-state index in [1.165, 1.54) is 0 Å². The van der Waals surface area contributed by atoms with Crippen LogP contribution >= 0.6 is 11.6 Å². The molecule has 0 spiro atoms. The number of halogens is 1. The first-order chi connectivity index (χ1) is 10.0. The van der Waals surface area contributed by atoms with Crippen LogP contribution in [0.2, 0.25) is 5.15 Å². The summed E-state index contributed by atoms with van der Waals surface area (Å²) < 4.78 is 0. The molecule has 0 aliphatic carbocycles. The van der Waals surface area contributed by atoms with Crippen LogP contribution in [0.4, 0.5) is 11.4 Å². The number of aromatic nitrogens is 1. The van der Waals surface area contributed by atoms with Crippen molar-refractivity contribution in [2.45, 2.75) is 6.61 Å². The standard InChI is InChI=1S/C13H10ClN3O4/c14-12-5-9(11(6-15-12)17(20)21)13(19)16-10-4-2-1-3-8(10)7-18/h1-6,18H,7H2,(H,16,19). The molecule has 0 aliphatic rings. The molecular formula is C13H10ClN3O4. The lowest BCUT2D eigenvalue weighted by atomic mass is 10.1. The van der Waals surface area contributed by atoms with E-state index in [2.05, 4.69) is 10.3 Å². The molecule has 1 aromatic carbocycles. The molecule has 7 nitrogen and oxygen atoms in total. The van der Waals surface area contributed by atoms with E-state index in [1.807, 2.05) is 0 Å². The van der Waals surface area contributed by atoms with Gasteiger partial charge < -0.3 is 10.4 Å². The van der Waals surface area contributed by atoms with Crippen LogP contribution in [0.15, 0.2) is 36.5 Å². The summed E-state index contributed by atoms with van der Waals surface area (Å²) in [5.74, 6) is -0.702. The quantitative estimate of drug-likeness (QED) is 0.512. The van der Waals surface area contributed by atoms with Crippen LogP contribution in [-0.4, -0.2) is 20.9 Å². The Morgan fingerprint density at radius 2 is 2.14 bits per heavy atom. The fraction of sp³-hybridized carbons (Fsp3) is 0.0769. The normalized spacial score (nSPS) is 10.2. The minimum atomic E-state index is -0.712. The predicted molar refractivity (Wildman–Crippen MR) is 76.2 cm³/mol. The number of para-hydroxylation sites is 1. The molecule has 21 heavy (non-hydrogen) atoms. The minimum Gasteiger partial charge on any atom is -0.392 e. The molecule has 0 atom stereocenters. The molecule has 1 aromatic heterocycles. The zero-order valence-corrected chi connectivity index (χ0v) is 11.4. The molecule has 2 rings (SSSR count). The first kappa shape index (κ1) is 14.9. The molecule has 2 aromatic rings. The summed E-state index contributed by atoms with van der Waals surface area (Å²) in [7, 11) is 0. The highest BCUT2D eigenvalue weighted by atomic mass is 35.5. The topological polar surface area (TPSA) is 105 Å². The number of pyridine rings is 1. The van der Waals surface area contributed by atoms with E-state index >= 15 is 0 Å². The van der Waals surface area contributed by atoms with Crippen molar-refractivity contribution in [3.8, 4) is 0 Å². The van der Waals surface area contributed by atoms with Gasteiger partial charge in [0.2, 0.25) is 0 Å². The second-order valence-corrected chi connectivity index (χ2v) is 4.44. The Kier molecular flexibility index (Phi) is 4.46. The fourth-order valence-corrected chi connectivity index (χ4v) is 1.88. The number of rotatable bonds is 4. The molecule has 0 aliphatic heterocycles. The number of amides is 1. The minimum absolute atomic E-state index is 0.0267. The van der Waals surface area contributed by atoms with Crippen molar-refractivity contribution in [1.29, 1.82) is 0 Å². The molecule has 0 saturated heterocycles. The van der Waals surface area contributed by atoms with Gasteiger partial charge in [-0.1, -0.05) is 29.8 Å². The van der Waals surface area contributed by atoms with Crippen LogP contribution in [0.5, 0.6) is 0 Å². The maximum absolute atomic E-state index is 12.2. The molecule has 1 amide bonds. The summed E-state index contributed by atoms with van der Waals surface area (Å²) >= 11 is 5.67. The molecule has 0 bridgehead atoms. The van der Waals surface area contributed by atoms with Gasteiger partial charge in [-0.25, -0.2) is 4.98 Å². The summed E-state index contributed by atoms with van der Waals surface area (Å²) in [5, 5.41) is 22.6. The monoisotopic (exact) mass is 307 g/mol. The Bertz CT molecular complexity index is 706. The third-order valence-electron chi connectivity index (χ3n) is 2.73. The highest BCUT2D eigenvalue weighted by molar-refractivity contribution is 6.30. The maximum Gasteiger partial charge on any atom is 0.300 e. The Morgan fingerprint density at radius 3 is 2.81 bits per heavy atom. The van der Waals surface area contributed by atoms with Gasteiger partial charge in [-0.3, -0.25) is 14.9 Å². The number of carbonyl (C=O) groups excluding carboxylic acids is 1. The van der Waals surface area contributed by atoms with E-state index in [0.717, 1.165) is 12.3 Å². The molecular weight excluding hydrogens is 298 g/mol. The van der Waals surface area contributed by atoms with Crippen LogP contribution in [0.25, 0.3) is 0 Å². The van der Waals surface area contributed by atoms with Crippen LogP contribution in [0.1, 0.15) is 15.9 Å². The van der Waals surface area contributed by atoms with Crippen molar-refractivity contribution in [2.75, 3.05) is 5.32 Å². The summed E-state index contributed by atoms with van der Waals surface area (Å²) in [4.78, 5) is 26.0. The van der Waals surface area contributed by atoms with Crippen LogP contribution in [-0.2, 0) is 6.61 Å². The van der Waals surface area contributed by atoms with Crippen molar-refractivity contribution in [1.82, 2.24) is 4.98 Å². The Balaban J connectivity index is 2.37. The van der Waals surface area contributed by atoms with Crippen molar-refractivity contribution in [3.63, 3.8) is 0 Å². The van der Waals surface area contributed by atoms with Gasteiger partial charge >= 0.3 is 0 Å². The van der Waals surface area contributed by atoms with E-state index in [0.29, 0.717) is 11.3 Å². The highest BCUT2D eigenvalue weighted by Gasteiger charge is 2.22. The Morgan fingerprint density at radius 1 is 1.43 bits per heavy atom. The fourth-order valence-electron chi connectivity index (χ4n) is 1.72. The smallest absolute Gasteiger partial charge is 0.300 e. The number of aliphatic hydroxyl groups is 1. The number of anilines is 1. The second-order valence-electron chi connectivity index (χ2n) is 4.05. The molecule has 108 valence electrons. The van der Waals surface area contributed by atoms with Gasteiger partial charge in [0.05, 0.1) is 11.5 Å². The number of benzene rings is 1. The van der Waals surface area contributed by atoms with E-state index in [-0.39, 0.29) is 17.3 Å². The summed E-state index contributed by atoms with van der Waals surface area (Å²) in [5.41, 5.74) is 0.215. The molecule has 0 unspecified atom stereocenters. The van der Waals surface area contributed by atoms with Gasteiger partial charge in [0, 0.05) is 11.3 Å². The molecule has 1 heterocycles. The first-order valence-electron chi connectivity index (χ1n) is 5.83. The van der Waals surface area contributed by atoms with Crippen molar-refractivity contribution >= 4 is 28.9 Å². The van der Waals surface area contributed by atoms with Crippen molar-refractivity contribution in [3.05, 3.63) is 62.9 Å². The predicted octanol–water partition coefficient (Wildman–Crippen LogP) is 2.39. The van der Waals surface area contributed by atoms with E-state index in [9.17, 15) is 20.0 Å². The summed E-state index contributed by atoms with van der Waals surface area (Å²) in [6, 6.07) is 7.70. The van der Waals surface area contributed by atoms with Crippen LogP contribution in [0, 0.1) is 10.1 Å². The molecule has 0 radical (unpaired) electrons. The van der Waals surface area contributed by atoms with Crippen LogP contribution < -0.4 is 5.32 Å². The second kappa shape index (κ2) is 6.29. The van der Waals surface area contributed by atoms with E-state index in [4.69, 9.17) is 11.6 Å². The van der Waals surface area contributed by atoms with Crippen LogP contribution in [0.3, 0.4) is 0 Å². The number of nitrogens with one attached hydrogen (secondary N) is 1. The van der Waals surface area contributed by atoms with Crippen molar-refractivity contribution in [2.24, 2.45) is 0 Å². The average Bonchev–Trinajstić information content (AvgIpc) is 2.47. The molecule has 0 saturated carbocycles. The third-order valence-corrected chi connectivity index (χ3v) is 2.93. The lowest BCUT2D eigenvalue weighted by Gasteiger charge is -2.09. The zero-order chi connectivity index (χ0) is 15.4. The maximum atomic E-state index is 12.2. The zero-order valence-electron chi connectivity index (χ0n) is 10.6. The largest absolute Gasteiger partial charge is 0.392 e. The lowest BCUT2D eigenvalue weighted by Crippen LogP contribution is -2.15. The molecule has 8 heteroatoms. The average molecular weight is 308 g/mol. The van der Waals surface area contributed by atoms with Gasteiger partial charge in [0.1, 0.15) is 16.9 Å². The summed E-state index contributed by atoms with van der Waals surface area (Å²) in [6.45, 7) is -0.268. The molecule has 2 N–H and O–H groups in total. The number of nitro groups is 1. The highest BCUT2D eigenvalue weighted by Crippen LogP contribution is 2.23. The van der Waals surface area contributed by atoms with Gasteiger partial charge in [-0.05, 0) is 12.1 Å². The SMILES string of the molecule is O=C(Nc1ccccc1CO)c1cc(Cl)ncc1[N+](=O)[O-].